The Balaban J connectivity index is 0.00000116. The van der Waals surface area contributed by atoms with E-state index in [0.717, 1.165) is 49.7 Å². The van der Waals surface area contributed by atoms with Crippen molar-refractivity contribution in [3.63, 3.8) is 0 Å². The molecule has 22 heavy (non-hydrogen) atoms. The molecule has 0 N–H and O–H groups in total. The van der Waals surface area contributed by atoms with Crippen LogP contribution in [-0.2, 0) is 11.3 Å². The monoisotopic (exact) mass is 305 g/mol. The number of ether oxygens (including phenoxy) is 2. The summed E-state index contributed by atoms with van der Waals surface area (Å²) in [5.74, 6) is 1.76. The van der Waals surface area contributed by atoms with Gasteiger partial charge in [-0.1, -0.05) is 37.2 Å². The fraction of sp³-hybridized carbons (Fsp3) is 0.500. The lowest BCUT2D eigenvalue weighted by Crippen LogP contribution is -1.99. The molecule has 1 aromatic heterocycles. The van der Waals surface area contributed by atoms with Gasteiger partial charge in [0.25, 0.3) is 0 Å². The van der Waals surface area contributed by atoms with Crippen molar-refractivity contribution in [1.29, 1.82) is 0 Å². The van der Waals surface area contributed by atoms with Crippen molar-refractivity contribution in [2.45, 2.75) is 46.6 Å². The van der Waals surface area contributed by atoms with Crippen molar-refractivity contribution in [3.8, 4) is 5.75 Å². The summed E-state index contributed by atoms with van der Waals surface area (Å²) in [6.07, 6.45) is 3.18. The van der Waals surface area contributed by atoms with Crippen molar-refractivity contribution in [3.05, 3.63) is 47.9 Å². The first-order valence-corrected chi connectivity index (χ1v) is 8.02. The molecule has 2 rings (SSSR count). The SMILES string of the molecule is CC.Cc1cc(COCCCCCOc2ccccc2)no1. The van der Waals surface area contributed by atoms with Crippen LogP contribution in [0.2, 0.25) is 0 Å². The highest BCUT2D eigenvalue weighted by Crippen LogP contribution is 2.09. The second-order valence-corrected chi connectivity index (χ2v) is 4.70. The zero-order chi connectivity index (χ0) is 16.0. The summed E-state index contributed by atoms with van der Waals surface area (Å²) in [5.41, 5.74) is 0.856. The Morgan fingerprint density at radius 1 is 1.00 bits per heavy atom. The molecule has 0 saturated heterocycles. The van der Waals surface area contributed by atoms with Crippen molar-refractivity contribution in [1.82, 2.24) is 5.16 Å². The van der Waals surface area contributed by atoms with Crippen LogP contribution in [-0.4, -0.2) is 18.4 Å². The van der Waals surface area contributed by atoms with E-state index >= 15 is 0 Å². The van der Waals surface area contributed by atoms with Crippen LogP contribution in [0.4, 0.5) is 0 Å². The molecule has 0 radical (unpaired) electrons. The van der Waals surface area contributed by atoms with E-state index in [1.165, 1.54) is 0 Å². The number of unbranched alkanes of at least 4 members (excludes halogenated alkanes) is 2. The minimum Gasteiger partial charge on any atom is -0.494 e. The smallest absolute Gasteiger partial charge is 0.134 e. The van der Waals surface area contributed by atoms with Gasteiger partial charge in [-0.3, -0.25) is 0 Å². The molecule has 0 amide bonds. The van der Waals surface area contributed by atoms with Crippen LogP contribution in [0.15, 0.2) is 40.9 Å². The first-order chi connectivity index (χ1) is 10.8. The second kappa shape index (κ2) is 11.8. The molecule has 0 saturated carbocycles. The molecule has 0 fully saturated rings. The van der Waals surface area contributed by atoms with Crippen LogP contribution in [0.25, 0.3) is 0 Å². The molecule has 0 aliphatic carbocycles. The second-order valence-electron chi connectivity index (χ2n) is 4.70. The van der Waals surface area contributed by atoms with E-state index in [9.17, 15) is 0 Å². The van der Waals surface area contributed by atoms with Crippen molar-refractivity contribution in [2.24, 2.45) is 0 Å². The lowest BCUT2D eigenvalue weighted by atomic mass is 10.2. The van der Waals surface area contributed by atoms with E-state index in [4.69, 9.17) is 14.0 Å². The zero-order valence-corrected chi connectivity index (χ0v) is 13.9. The van der Waals surface area contributed by atoms with Gasteiger partial charge >= 0.3 is 0 Å². The third-order valence-corrected chi connectivity index (χ3v) is 2.87. The Hall–Kier alpha value is -1.81. The fourth-order valence-electron chi connectivity index (χ4n) is 1.85. The van der Waals surface area contributed by atoms with E-state index in [-0.39, 0.29) is 0 Å². The summed E-state index contributed by atoms with van der Waals surface area (Å²) in [5, 5.41) is 3.88. The Morgan fingerprint density at radius 2 is 1.73 bits per heavy atom. The fourth-order valence-corrected chi connectivity index (χ4v) is 1.85. The van der Waals surface area contributed by atoms with Gasteiger partial charge in [-0.25, -0.2) is 0 Å². The van der Waals surface area contributed by atoms with Gasteiger partial charge in [0, 0.05) is 12.7 Å². The summed E-state index contributed by atoms with van der Waals surface area (Å²) >= 11 is 0. The van der Waals surface area contributed by atoms with Crippen LogP contribution in [0.1, 0.15) is 44.6 Å². The van der Waals surface area contributed by atoms with Crippen molar-refractivity contribution in [2.75, 3.05) is 13.2 Å². The molecular formula is C18H27NO3. The highest BCUT2D eigenvalue weighted by atomic mass is 16.5. The quantitative estimate of drug-likeness (QED) is 0.626. The van der Waals surface area contributed by atoms with E-state index < -0.39 is 0 Å². The minimum atomic E-state index is 0.526. The number of para-hydroxylation sites is 1. The number of aromatic nitrogens is 1. The number of hydrogen-bond donors (Lipinski definition) is 0. The summed E-state index contributed by atoms with van der Waals surface area (Å²) in [7, 11) is 0. The lowest BCUT2D eigenvalue weighted by molar-refractivity contribution is 0.111. The molecule has 0 spiro atoms. The first-order valence-electron chi connectivity index (χ1n) is 8.02. The molecule has 4 heteroatoms. The number of nitrogens with zero attached hydrogens (tertiary/aromatic N) is 1. The molecule has 0 unspecified atom stereocenters. The highest BCUT2D eigenvalue weighted by molar-refractivity contribution is 5.20. The zero-order valence-electron chi connectivity index (χ0n) is 13.9. The Morgan fingerprint density at radius 3 is 2.41 bits per heavy atom. The van der Waals surface area contributed by atoms with Gasteiger partial charge in [-0.05, 0) is 38.3 Å². The topological polar surface area (TPSA) is 44.5 Å². The van der Waals surface area contributed by atoms with Crippen LogP contribution in [0, 0.1) is 6.92 Å². The third-order valence-electron chi connectivity index (χ3n) is 2.87. The largest absolute Gasteiger partial charge is 0.494 e. The molecule has 122 valence electrons. The maximum absolute atomic E-state index is 5.62. The van der Waals surface area contributed by atoms with Gasteiger partial charge in [-0.2, -0.15) is 0 Å². The maximum Gasteiger partial charge on any atom is 0.134 e. The predicted molar refractivity (Wildman–Crippen MR) is 88.0 cm³/mol. The predicted octanol–water partition coefficient (Wildman–Crippen LogP) is 4.78. The molecule has 1 heterocycles. The molecule has 0 atom stereocenters. The average Bonchev–Trinajstić information content (AvgIpc) is 2.98. The number of hydrogen-bond acceptors (Lipinski definition) is 4. The standard InChI is InChI=1S/C16H21NO3.C2H6/c1-14-12-15(17-20-14)13-18-10-6-3-7-11-19-16-8-4-2-5-9-16;1-2/h2,4-5,8-9,12H,3,6-7,10-11,13H2,1H3;1-2H3. The molecule has 0 bridgehead atoms. The Kier molecular flexibility index (Phi) is 9.79. The van der Waals surface area contributed by atoms with E-state index in [1.807, 2.05) is 57.2 Å². The Labute approximate surface area is 133 Å². The van der Waals surface area contributed by atoms with E-state index in [0.29, 0.717) is 6.61 Å². The van der Waals surface area contributed by atoms with Crippen molar-refractivity contribution >= 4 is 0 Å². The van der Waals surface area contributed by atoms with Gasteiger partial charge < -0.3 is 14.0 Å². The first kappa shape index (κ1) is 18.2. The highest BCUT2D eigenvalue weighted by Gasteiger charge is 1.99. The average molecular weight is 305 g/mol. The number of benzene rings is 1. The van der Waals surface area contributed by atoms with Gasteiger partial charge in [0.1, 0.15) is 17.2 Å². The summed E-state index contributed by atoms with van der Waals surface area (Å²) in [4.78, 5) is 0. The van der Waals surface area contributed by atoms with Gasteiger partial charge in [-0.15, -0.1) is 0 Å². The van der Waals surface area contributed by atoms with Gasteiger partial charge in [0.2, 0.25) is 0 Å². The molecular weight excluding hydrogens is 278 g/mol. The lowest BCUT2D eigenvalue weighted by Gasteiger charge is -2.05. The summed E-state index contributed by atoms with van der Waals surface area (Å²) in [6, 6.07) is 11.8. The van der Waals surface area contributed by atoms with E-state index in [1.54, 1.807) is 0 Å². The Bertz CT molecular complexity index is 482. The normalized spacial score (nSPS) is 9.95. The minimum absolute atomic E-state index is 0.526. The van der Waals surface area contributed by atoms with Crippen LogP contribution in [0.5, 0.6) is 5.75 Å². The van der Waals surface area contributed by atoms with Crippen molar-refractivity contribution < 1.29 is 14.0 Å². The molecule has 0 aliphatic heterocycles. The van der Waals surface area contributed by atoms with Gasteiger partial charge in [0.05, 0.1) is 13.2 Å². The summed E-state index contributed by atoms with van der Waals surface area (Å²) in [6.45, 7) is 7.91. The molecule has 4 nitrogen and oxygen atoms in total. The molecule has 1 aromatic carbocycles. The van der Waals surface area contributed by atoms with Gasteiger partial charge in [0.15, 0.2) is 0 Å². The van der Waals surface area contributed by atoms with Crippen LogP contribution < -0.4 is 4.74 Å². The number of rotatable bonds is 9. The van der Waals surface area contributed by atoms with Crippen LogP contribution in [0.3, 0.4) is 0 Å². The van der Waals surface area contributed by atoms with Crippen LogP contribution >= 0.6 is 0 Å². The molecule has 0 aliphatic rings. The molecule has 2 aromatic rings. The maximum atomic E-state index is 5.62. The van der Waals surface area contributed by atoms with E-state index in [2.05, 4.69) is 5.16 Å². The number of aryl methyl sites for hydroxylation is 1. The third kappa shape index (κ3) is 7.84. The summed E-state index contributed by atoms with van der Waals surface area (Å²) < 4.78 is 16.1.